The number of fused-ring (bicyclic) bond motifs is 1. The van der Waals surface area contributed by atoms with Gasteiger partial charge in [-0.1, -0.05) is 19.3 Å². The zero-order valence-corrected chi connectivity index (χ0v) is 11.2. The Balaban J connectivity index is 1.97. The quantitative estimate of drug-likeness (QED) is 0.750. The molecule has 0 bridgehead atoms. The van der Waals surface area contributed by atoms with Crippen LogP contribution < -0.4 is 5.32 Å². The lowest BCUT2D eigenvalue weighted by molar-refractivity contribution is 0.172. The molecule has 1 aliphatic carbocycles. The van der Waals surface area contributed by atoms with Gasteiger partial charge in [0.25, 0.3) is 0 Å². The fraction of sp³-hybridized carbons (Fsp3) is 0.583. The van der Waals surface area contributed by atoms with E-state index in [0.717, 1.165) is 31.1 Å². The smallest absolute Gasteiger partial charge is 0.226 e. The zero-order chi connectivity index (χ0) is 13.3. The summed E-state index contributed by atoms with van der Waals surface area (Å²) in [7, 11) is 0. The molecule has 3 rings (SSSR count). The molecule has 3 N–H and O–H groups in total. The van der Waals surface area contributed by atoms with Crippen LogP contribution >= 0.6 is 11.6 Å². The normalized spacial score (nSPS) is 18.6. The van der Waals surface area contributed by atoms with E-state index in [9.17, 15) is 5.11 Å². The van der Waals surface area contributed by atoms with E-state index in [1.807, 2.05) is 0 Å². The van der Waals surface area contributed by atoms with E-state index in [2.05, 4.69) is 25.5 Å². The molecule has 0 amide bonds. The predicted molar refractivity (Wildman–Crippen MR) is 73.2 cm³/mol. The van der Waals surface area contributed by atoms with Crippen LogP contribution in [0.2, 0.25) is 5.28 Å². The Labute approximate surface area is 115 Å². The molecule has 0 aromatic carbocycles. The first kappa shape index (κ1) is 12.6. The average Bonchev–Trinajstić information content (AvgIpc) is 2.88. The third-order valence-corrected chi connectivity index (χ3v) is 3.95. The van der Waals surface area contributed by atoms with Crippen molar-refractivity contribution in [3.63, 3.8) is 0 Å². The van der Waals surface area contributed by atoms with Crippen molar-refractivity contribution in [3.05, 3.63) is 11.5 Å². The minimum Gasteiger partial charge on any atom is -0.394 e. The van der Waals surface area contributed by atoms with Gasteiger partial charge in [-0.15, -0.1) is 0 Å². The third kappa shape index (κ3) is 2.37. The van der Waals surface area contributed by atoms with E-state index in [0.29, 0.717) is 11.5 Å². The number of aliphatic hydroxyl groups excluding tert-OH is 1. The zero-order valence-electron chi connectivity index (χ0n) is 10.5. The van der Waals surface area contributed by atoms with Crippen molar-refractivity contribution in [2.45, 2.75) is 37.6 Å². The van der Waals surface area contributed by atoms with Gasteiger partial charge in [-0.2, -0.15) is 15.1 Å². The van der Waals surface area contributed by atoms with Crippen LogP contribution in [0.1, 0.15) is 32.1 Å². The Morgan fingerprint density at radius 2 is 2.11 bits per heavy atom. The highest BCUT2D eigenvalue weighted by molar-refractivity contribution is 6.28. The highest BCUT2D eigenvalue weighted by Gasteiger charge is 2.32. The number of nitrogens with one attached hydrogen (secondary N) is 2. The third-order valence-electron chi connectivity index (χ3n) is 3.78. The van der Waals surface area contributed by atoms with Gasteiger partial charge >= 0.3 is 0 Å². The molecule has 2 heterocycles. The van der Waals surface area contributed by atoms with Crippen molar-refractivity contribution in [1.29, 1.82) is 0 Å². The lowest BCUT2D eigenvalue weighted by atomic mass is 9.82. The maximum Gasteiger partial charge on any atom is 0.226 e. The largest absolute Gasteiger partial charge is 0.394 e. The van der Waals surface area contributed by atoms with E-state index in [1.165, 1.54) is 6.42 Å². The monoisotopic (exact) mass is 281 g/mol. The van der Waals surface area contributed by atoms with Gasteiger partial charge in [0.2, 0.25) is 5.28 Å². The lowest BCUT2D eigenvalue weighted by Crippen LogP contribution is -2.44. The number of anilines is 1. The minimum atomic E-state index is -0.305. The molecular weight excluding hydrogens is 266 g/mol. The van der Waals surface area contributed by atoms with Gasteiger partial charge in [0.15, 0.2) is 5.65 Å². The summed E-state index contributed by atoms with van der Waals surface area (Å²) in [5.74, 6) is 0.639. The molecule has 0 aliphatic heterocycles. The van der Waals surface area contributed by atoms with E-state index in [4.69, 9.17) is 11.6 Å². The molecule has 0 saturated heterocycles. The van der Waals surface area contributed by atoms with Gasteiger partial charge < -0.3 is 10.4 Å². The van der Waals surface area contributed by atoms with Gasteiger partial charge in [-0.05, 0) is 24.4 Å². The second-order valence-electron chi connectivity index (χ2n) is 5.10. The molecular formula is C12H16ClN5O. The summed E-state index contributed by atoms with van der Waals surface area (Å²) in [5.41, 5.74) is 0.298. The Morgan fingerprint density at radius 3 is 2.84 bits per heavy atom. The molecule has 102 valence electrons. The second-order valence-corrected chi connectivity index (χ2v) is 5.44. The molecule has 1 saturated carbocycles. The van der Waals surface area contributed by atoms with E-state index < -0.39 is 0 Å². The number of aliphatic hydroxyl groups is 1. The highest BCUT2D eigenvalue weighted by Crippen LogP contribution is 2.32. The molecule has 7 heteroatoms. The molecule has 0 radical (unpaired) electrons. The molecule has 2 aromatic heterocycles. The van der Waals surface area contributed by atoms with Gasteiger partial charge in [-0.3, -0.25) is 5.10 Å². The highest BCUT2D eigenvalue weighted by atomic mass is 35.5. The van der Waals surface area contributed by atoms with Gasteiger partial charge in [0, 0.05) is 0 Å². The summed E-state index contributed by atoms with van der Waals surface area (Å²) in [6, 6.07) is 0. The van der Waals surface area contributed by atoms with Crippen LogP contribution in [0.3, 0.4) is 0 Å². The summed E-state index contributed by atoms with van der Waals surface area (Å²) in [6.07, 6.45) is 6.98. The fourth-order valence-electron chi connectivity index (χ4n) is 2.71. The van der Waals surface area contributed by atoms with Crippen molar-refractivity contribution in [3.8, 4) is 0 Å². The summed E-state index contributed by atoms with van der Waals surface area (Å²) in [6.45, 7) is 0.0912. The number of halogens is 1. The van der Waals surface area contributed by atoms with Crippen molar-refractivity contribution in [1.82, 2.24) is 20.2 Å². The first-order valence-corrected chi connectivity index (χ1v) is 6.86. The Morgan fingerprint density at radius 1 is 1.32 bits per heavy atom. The Hall–Kier alpha value is -1.40. The number of hydrogen-bond donors (Lipinski definition) is 3. The number of rotatable bonds is 3. The summed E-state index contributed by atoms with van der Waals surface area (Å²) >= 11 is 5.91. The average molecular weight is 282 g/mol. The van der Waals surface area contributed by atoms with Crippen molar-refractivity contribution >= 4 is 28.5 Å². The van der Waals surface area contributed by atoms with E-state index in [-0.39, 0.29) is 17.4 Å². The van der Waals surface area contributed by atoms with E-state index in [1.54, 1.807) is 6.20 Å². The van der Waals surface area contributed by atoms with Crippen LogP contribution in [-0.4, -0.2) is 37.4 Å². The van der Waals surface area contributed by atoms with Crippen molar-refractivity contribution in [2.24, 2.45) is 0 Å². The summed E-state index contributed by atoms with van der Waals surface area (Å²) in [5, 5.41) is 20.8. The first-order valence-electron chi connectivity index (χ1n) is 6.48. The van der Waals surface area contributed by atoms with Crippen LogP contribution in [-0.2, 0) is 0 Å². The first-order chi connectivity index (χ1) is 9.22. The van der Waals surface area contributed by atoms with Crippen molar-refractivity contribution in [2.75, 3.05) is 11.9 Å². The molecule has 0 atom stereocenters. The number of aromatic nitrogens is 4. The number of hydrogen-bond acceptors (Lipinski definition) is 5. The lowest BCUT2D eigenvalue weighted by Gasteiger charge is -2.37. The molecule has 1 aliphatic rings. The van der Waals surface area contributed by atoms with Crippen LogP contribution in [0.5, 0.6) is 0 Å². The topological polar surface area (TPSA) is 86.7 Å². The maximum absolute atomic E-state index is 9.73. The Bertz CT molecular complexity index is 579. The molecule has 0 spiro atoms. The van der Waals surface area contributed by atoms with Gasteiger partial charge in [-0.25, -0.2) is 0 Å². The van der Waals surface area contributed by atoms with Gasteiger partial charge in [0.1, 0.15) is 5.82 Å². The van der Waals surface area contributed by atoms with Crippen LogP contribution in [0.25, 0.3) is 11.0 Å². The second kappa shape index (κ2) is 4.94. The van der Waals surface area contributed by atoms with Crippen LogP contribution in [0.4, 0.5) is 5.82 Å². The van der Waals surface area contributed by atoms with Crippen molar-refractivity contribution < 1.29 is 5.11 Å². The minimum absolute atomic E-state index is 0.0912. The van der Waals surface area contributed by atoms with Crippen LogP contribution in [0.15, 0.2) is 6.20 Å². The molecule has 2 aromatic rings. The fourth-order valence-corrected chi connectivity index (χ4v) is 2.87. The van der Waals surface area contributed by atoms with Crippen LogP contribution in [0, 0.1) is 0 Å². The van der Waals surface area contributed by atoms with Gasteiger partial charge in [0.05, 0.1) is 23.7 Å². The molecule has 1 fully saturated rings. The molecule has 6 nitrogen and oxygen atoms in total. The SMILES string of the molecule is OCC1(Nc2nc(Cl)nc3[nH]ncc23)CCCCC1. The summed E-state index contributed by atoms with van der Waals surface area (Å²) < 4.78 is 0. The molecule has 19 heavy (non-hydrogen) atoms. The van der Waals surface area contributed by atoms with E-state index >= 15 is 0 Å². The number of H-pyrrole nitrogens is 1. The number of nitrogens with zero attached hydrogens (tertiary/aromatic N) is 3. The maximum atomic E-state index is 9.73. The predicted octanol–water partition coefficient (Wildman–Crippen LogP) is 2.11. The summed E-state index contributed by atoms with van der Waals surface area (Å²) in [4.78, 5) is 8.30. The standard InChI is InChI=1S/C12H16ClN5O/c13-11-15-9(8-6-14-18-10(8)16-11)17-12(7-19)4-2-1-3-5-12/h6,19H,1-5,7H2,(H2,14,15,16,17,18). The number of aromatic amines is 1. The Kier molecular flexibility index (Phi) is 3.28. The molecule has 0 unspecified atom stereocenters.